The Kier molecular flexibility index (Phi) is 4.44. The fourth-order valence-electron chi connectivity index (χ4n) is 5.04. The summed E-state index contributed by atoms with van der Waals surface area (Å²) in [7, 11) is 1.82. The predicted molar refractivity (Wildman–Crippen MR) is 135 cm³/mol. The highest BCUT2D eigenvalue weighted by atomic mass is 16.4. The number of nitrogens with zero attached hydrogens (tertiary/aromatic N) is 4. The summed E-state index contributed by atoms with van der Waals surface area (Å²) in [5.41, 5.74) is 5.49. The second-order valence-electron chi connectivity index (χ2n) is 8.49. The lowest BCUT2D eigenvalue weighted by molar-refractivity contribution is 0.0699. The number of rotatable bonds is 3. The molecule has 7 heteroatoms. The number of H-pyrrole nitrogens is 1. The third-order valence-corrected chi connectivity index (χ3v) is 6.51. The molecule has 3 aromatic carbocycles. The van der Waals surface area contributed by atoms with E-state index in [1.54, 1.807) is 16.8 Å². The lowest BCUT2D eigenvalue weighted by atomic mass is 9.88. The van der Waals surface area contributed by atoms with Crippen molar-refractivity contribution in [1.82, 2.24) is 19.7 Å². The van der Waals surface area contributed by atoms with Crippen molar-refractivity contribution < 1.29 is 9.90 Å². The maximum Gasteiger partial charge on any atom is 0.336 e. The average molecular weight is 457 g/mol. The maximum absolute atomic E-state index is 12.2. The fraction of sp³-hybridized carbons (Fsp3) is 0.0714. The van der Waals surface area contributed by atoms with Crippen LogP contribution in [0.5, 0.6) is 0 Å². The van der Waals surface area contributed by atoms with Crippen LogP contribution in [-0.4, -0.2) is 30.8 Å². The maximum atomic E-state index is 12.2. The fourth-order valence-corrected chi connectivity index (χ4v) is 5.04. The summed E-state index contributed by atoms with van der Waals surface area (Å²) >= 11 is 0. The number of pyridine rings is 1. The van der Waals surface area contributed by atoms with Crippen LogP contribution in [0.3, 0.4) is 0 Å². The van der Waals surface area contributed by atoms with Crippen LogP contribution in [0.4, 0.5) is 0 Å². The third kappa shape index (κ3) is 2.94. The minimum Gasteiger partial charge on any atom is -0.478 e. The summed E-state index contributed by atoms with van der Waals surface area (Å²) in [6, 6.07) is 21.1. The van der Waals surface area contributed by atoms with Crippen LogP contribution >= 0.6 is 0 Å². The van der Waals surface area contributed by atoms with Gasteiger partial charge in [-0.1, -0.05) is 48.5 Å². The molecule has 0 aliphatic heterocycles. The van der Waals surface area contributed by atoms with Crippen LogP contribution < -0.4 is 0 Å². The van der Waals surface area contributed by atoms with Gasteiger partial charge in [0, 0.05) is 40.7 Å². The number of hydrogen-bond donors (Lipinski definition) is 2. The molecular weight excluding hydrogens is 438 g/mol. The Labute approximate surface area is 199 Å². The van der Waals surface area contributed by atoms with Crippen LogP contribution in [0.2, 0.25) is 0 Å². The standard InChI is InChI=1S/C28H19N5O2/c1-15-23-25(18-10-5-7-16-8-6-11-19(24(16)18)28(34)35)20(13-29)26(31-27(23)33(2)32-15)21-14-30-22-12-4-3-9-17(21)22/h3-12,14,30H,1-2H3,(H,34,35). The zero-order chi connectivity index (χ0) is 24.3. The monoisotopic (exact) mass is 457 g/mol. The largest absolute Gasteiger partial charge is 0.478 e. The second-order valence-corrected chi connectivity index (χ2v) is 8.49. The number of hydrogen-bond acceptors (Lipinski definition) is 4. The van der Waals surface area contributed by atoms with Gasteiger partial charge < -0.3 is 10.1 Å². The Hall–Kier alpha value is -4.96. The Balaban J connectivity index is 1.84. The number of para-hydroxylation sites is 1. The molecule has 0 bridgehead atoms. The molecule has 0 fully saturated rings. The summed E-state index contributed by atoms with van der Waals surface area (Å²) in [4.78, 5) is 20.4. The van der Waals surface area contributed by atoms with Crippen LogP contribution in [0.1, 0.15) is 21.6 Å². The van der Waals surface area contributed by atoms with E-state index in [0.29, 0.717) is 33.4 Å². The topological polar surface area (TPSA) is 108 Å². The molecule has 0 aliphatic rings. The van der Waals surface area contributed by atoms with E-state index in [-0.39, 0.29) is 5.56 Å². The van der Waals surface area contributed by atoms with Crippen molar-refractivity contribution in [3.63, 3.8) is 0 Å². The van der Waals surface area contributed by atoms with E-state index in [9.17, 15) is 15.2 Å². The number of carboxylic acids is 1. The van der Waals surface area contributed by atoms with Crippen molar-refractivity contribution >= 4 is 38.7 Å². The van der Waals surface area contributed by atoms with Gasteiger partial charge in [0.25, 0.3) is 0 Å². The first-order valence-corrected chi connectivity index (χ1v) is 11.1. The van der Waals surface area contributed by atoms with Gasteiger partial charge >= 0.3 is 5.97 Å². The normalized spacial score (nSPS) is 11.3. The van der Waals surface area contributed by atoms with Gasteiger partial charge in [0.05, 0.1) is 27.9 Å². The number of nitrogens with one attached hydrogen (secondary N) is 1. The molecule has 168 valence electrons. The summed E-state index contributed by atoms with van der Waals surface area (Å²) in [5.74, 6) is -1.02. The molecule has 6 rings (SSSR count). The van der Waals surface area contributed by atoms with Gasteiger partial charge in [0.2, 0.25) is 0 Å². The van der Waals surface area contributed by atoms with Gasteiger partial charge in [-0.15, -0.1) is 0 Å². The molecule has 0 spiro atoms. The van der Waals surface area contributed by atoms with E-state index in [1.165, 1.54) is 0 Å². The first-order chi connectivity index (χ1) is 17.0. The summed E-state index contributed by atoms with van der Waals surface area (Å²) in [5, 5.41) is 28.1. The molecule has 35 heavy (non-hydrogen) atoms. The van der Waals surface area contributed by atoms with Gasteiger partial charge in [-0.2, -0.15) is 10.4 Å². The third-order valence-electron chi connectivity index (χ3n) is 6.51. The average Bonchev–Trinajstić information content (AvgIpc) is 3.42. The molecule has 3 aromatic heterocycles. The highest BCUT2D eigenvalue weighted by Crippen LogP contribution is 2.42. The highest BCUT2D eigenvalue weighted by Gasteiger charge is 2.25. The van der Waals surface area contributed by atoms with Crippen molar-refractivity contribution in [2.75, 3.05) is 0 Å². The Bertz CT molecular complexity index is 1870. The molecule has 0 aliphatic carbocycles. The lowest BCUT2D eigenvalue weighted by Gasteiger charge is -2.15. The van der Waals surface area contributed by atoms with Gasteiger partial charge in [0.15, 0.2) is 5.65 Å². The molecule has 2 N–H and O–H groups in total. The van der Waals surface area contributed by atoms with E-state index in [2.05, 4.69) is 16.2 Å². The van der Waals surface area contributed by atoms with Crippen molar-refractivity contribution in [1.29, 1.82) is 5.26 Å². The number of aromatic amines is 1. The molecule has 0 amide bonds. The molecule has 0 radical (unpaired) electrons. The first-order valence-electron chi connectivity index (χ1n) is 11.1. The molecule has 6 aromatic rings. The number of aromatic nitrogens is 4. The van der Waals surface area contributed by atoms with Crippen molar-refractivity contribution in [2.24, 2.45) is 7.05 Å². The number of nitriles is 1. The lowest BCUT2D eigenvalue weighted by Crippen LogP contribution is -2.01. The van der Waals surface area contributed by atoms with Crippen LogP contribution in [0.15, 0.2) is 66.9 Å². The minimum atomic E-state index is -1.02. The van der Waals surface area contributed by atoms with Gasteiger partial charge in [-0.3, -0.25) is 4.68 Å². The molecular formula is C28H19N5O2. The van der Waals surface area contributed by atoms with Crippen molar-refractivity contribution in [2.45, 2.75) is 6.92 Å². The van der Waals surface area contributed by atoms with E-state index in [0.717, 1.165) is 32.9 Å². The number of carbonyl (C=O) groups is 1. The second kappa shape index (κ2) is 7.54. The van der Waals surface area contributed by atoms with E-state index in [1.807, 2.05) is 68.7 Å². The minimum absolute atomic E-state index is 0.183. The first kappa shape index (κ1) is 20.6. The molecule has 0 atom stereocenters. The van der Waals surface area contributed by atoms with E-state index < -0.39 is 5.97 Å². The Morgan fingerprint density at radius 2 is 1.80 bits per heavy atom. The van der Waals surface area contributed by atoms with Gasteiger partial charge in [-0.05, 0) is 30.0 Å². The van der Waals surface area contributed by atoms with Crippen molar-refractivity contribution in [3.8, 4) is 28.5 Å². The quantitative estimate of drug-likeness (QED) is 0.348. The number of benzene rings is 3. The highest BCUT2D eigenvalue weighted by molar-refractivity contribution is 6.15. The van der Waals surface area contributed by atoms with Gasteiger partial charge in [0.1, 0.15) is 6.07 Å². The van der Waals surface area contributed by atoms with Crippen LogP contribution in [0.25, 0.3) is 55.1 Å². The van der Waals surface area contributed by atoms with E-state index >= 15 is 0 Å². The molecule has 0 saturated carbocycles. The van der Waals surface area contributed by atoms with Crippen molar-refractivity contribution in [3.05, 3.63) is 83.7 Å². The number of fused-ring (bicyclic) bond motifs is 3. The predicted octanol–water partition coefficient (Wildman–Crippen LogP) is 5.82. The SMILES string of the molecule is Cc1nn(C)c2nc(-c3c[nH]c4ccccc34)c(C#N)c(-c3cccc4cccc(C(=O)O)c34)c12. The Morgan fingerprint density at radius 3 is 2.57 bits per heavy atom. The molecule has 0 saturated heterocycles. The van der Waals surface area contributed by atoms with E-state index in [4.69, 9.17) is 4.98 Å². The van der Waals surface area contributed by atoms with Crippen LogP contribution in [0, 0.1) is 18.3 Å². The summed E-state index contributed by atoms with van der Waals surface area (Å²) in [6.07, 6.45) is 1.86. The smallest absolute Gasteiger partial charge is 0.336 e. The van der Waals surface area contributed by atoms with Gasteiger partial charge in [-0.25, -0.2) is 9.78 Å². The zero-order valence-electron chi connectivity index (χ0n) is 19.0. The summed E-state index contributed by atoms with van der Waals surface area (Å²) in [6.45, 7) is 1.88. The number of aryl methyl sites for hydroxylation is 2. The van der Waals surface area contributed by atoms with Crippen LogP contribution in [-0.2, 0) is 7.05 Å². The molecule has 3 heterocycles. The number of carboxylic acid groups (broad SMARTS) is 1. The molecule has 0 unspecified atom stereocenters. The number of aromatic carboxylic acids is 1. The summed E-state index contributed by atoms with van der Waals surface area (Å²) < 4.78 is 1.71. The molecule has 7 nitrogen and oxygen atoms in total. The Morgan fingerprint density at radius 1 is 1.03 bits per heavy atom. The zero-order valence-corrected chi connectivity index (χ0v) is 19.0.